The molecule has 0 aromatic heterocycles. The summed E-state index contributed by atoms with van der Waals surface area (Å²) >= 11 is 0. The van der Waals surface area contributed by atoms with Crippen molar-refractivity contribution in [2.24, 2.45) is 0 Å². The van der Waals surface area contributed by atoms with Crippen LogP contribution in [-0.4, -0.2) is 40.0 Å². The van der Waals surface area contributed by atoms with Crippen LogP contribution in [0.2, 0.25) is 0 Å². The average molecular weight is 250 g/mol. The Hall–Kier alpha value is -1.95. The topological polar surface area (TPSA) is 83.7 Å². The Bertz CT molecular complexity index is 501. The lowest BCUT2D eigenvalue weighted by atomic mass is 10.1. The van der Waals surface area contributed by atoms with E-state index >= 15 is 0 Å². The van der Waals surface area contributed by atoms with Gasteiger partial charge in [0.25, 0.3) is 11.6 Å². The molecule has 0 aliphatic carbocycles. The highest BCUT2D eigenvalue weighted by atomic mass is 16.6. The standard InChI is InChI=1S/C12H14N2O4/c1-8-4-9(6-10(5-8)14(17)18)12(16)13-3-2-11(15)7-13/h4-6,11,15H,2-3,7H2,1H3/t11-/m0/s1. The number of aliphatic hydroxyl groups excluding tert-OH is 1. The summed E-state index contributed by atoms with van der Waals surface area (Å²) in [5, 5.41) is 20.1. The van der Waals surface area contributed by atoms with E-state index in [-0.39, 0.29) is 11.6 Å². The van der Waals surface area contributed by atoms with Gasteiger partial charge in [0, 0.05) is 30.8 Å². The number of carbonyl (C=O) groups excluding carboxylic acids is 1. The number of nitrogens with zero attached hydrogens (tertiary/aromatic N) is 2. The van der Waals surface area contributed by atoms with Crippen molar-refractivity contribution in [3.63, 3.8) is 0 Å². The third-order valence-electron chi connectivity index (χ3n) is 2.97. The molecule has 1 aliphatic rings. The van der Waals surface area contributed by atoms with Crippen LogP contribution in [0.3, 0.4) is 0 Å². The third kappa shape index (κ3) is 2.48. The number of nitro benzene ring substituents is 1. The van der Waals surface area contributed by atoms with Crippen LogP contribution < -0.4 is 0 Å². The molecular formula is C12H14N2O4. The number of non-ortho nitro benzene ring substituents is 1. The van der Waals surface area contributed by atoms with E-state index in [1.165, 1.54) is 17.0 Å². The van der Waals surface area contributed by atoms with Gasteiger partial charge in [0.1, 0.15) is 0 Å². The first kappa shape index (κ1) is 12.5. The molecule has 2 rings (SSSR count). The SMILES string of the molecule is Cc1cc(C(=O)N2CC[C@H](O)C2)cc([N+](=O)[O-])c1. The number of rotatable bonds is 2. The van der Waals surface area contributed by atoms with Gasteiger partial charge in [0.05, 0.1) is 11.0 Å². The molecule has 1 atom stereocenters. The molecule has 0 radical (unpaired) electrons. The van der Waals surface area contributed by atoms with Crippen LogP contribution in [0, 0.1) is 17.0 Å². The molecule has 6 nitrogen and oxygen atoms in total. The first-order valence-electron chi connectivity index (χ1n) is 5.71. The lowest BCUT2D eigenvalue weighted by Gasteiger charge is -2.15. The molecule has 0 unspecified atom stereocenters. The molecule has 1 saturated heterocycles. The molecular weight excluding hydrogens is 236 g/mol. The summed E-state index contributed by atoms with van der Waals surface area (Å²) in [6, 6.07) is 4.33. The van der Waals surface area contributed by atoms with E-state index in [9.17, 15) is 20.0 Å². The van der Waals surface area contributed by atoms with E-state index in [0.29, 0.717) is 30.6 Å². The summed E-state index contributed by atoms with van der Waals surface area (Å²) in [4.78, 5) is 23.9. The van der Waals surface area contributed by atoms with Crippen molar-refractivity contribution < 1.29 is 14.8 Å². The first-order valence-corrected chi connectivity index (χ1v) is 5.71. The summed E-state index contributed by atoms with van der Waals surface area (Å²) < 4.78 is 0. The maximum Gasteiger partial charge on any atom is 0.270 e. The van der Waals surface area contributed by atoms with Crippen molar-refractivity contribution in [1.82, 2.24) is 4.90 Å². The number of likely N-dealkylation sites (tertiary alicyclic amines) is 1. The summed E-state index contributed by atoms with van der Waals surface area (Å²) in [7, 11) is 0. The fourth-order valence-electron chi connectivity index (χ4n) is 2.10. The van der Waals surface area contributed by atoms with Gasteiger partial charge in [-0.25, -0.2) is 0 Å². The highest BCUT2D eigenvalue weighted by Gasteiger charge is 2.26. The van der Waals surface area contributed by atoms with Crippen molar-refractivity contribution in [3.05, 3.63) is 39.4 Å². The van der Waals surface area contributed by atoms with Gasteiger partial charge in [-0.2, -0.15) is 0 Å². The van der Waals surface area contributed by atoms with E-state index < -0.39 is 11.0 Å². The number of hydrogen-bond donors (Lipinski definition) is 1. The molecule has 0 saturated carbocycles. The molecule has 96 valence electrons. The molecule has 18 heavy (non-hydrogen) atoms. The van der Waals surface area contributed by atoms with Crippen LogP contribution in [0.4, 0.5) is 5.69 Å². The predicted octanol–water partition coefficient (Wildman–Crippen LogP) is 1.11. The highest BCUT2D eigenvalue weighted by molar-refractivity contribution is 5.95. The van der Waals surface area contributed by atoms with Gasteiger partial charge >= 0.3 is 0 Å². The van der Waals surface area contributed by atoms with Gasteiger partial charge in [0.15, 0.2) is 0 Å². The van der Waals surface area contributed by atoms with Crippen molar-refractivity contribution in [2.45, 2.75) is 19.4 Å². The molecule has 1 aromatic rings. The predicted molar refractivity (Wildman–Crippen MR) is 64.4 cm³/mol. The zero-order valence-electron chi connectivity index (χ0n) is 10.00. The van der Waals surface area contributed by atoms with E-state index in [1.807, 2.05) is 0 Å². The van der Waals surface area contributed by atoms with Gasteiger partial charge in [0.2, 0.25) is 0 Å². The van der Waals surface area contributed by atoms with Gasteiger partial charge in [-0.3, -0.25) is 14.9 Å². The normalized spacial score (nSPS) is 19.0. The van der Waals surface area contributed by atoms with Crippen LogP contribution in [0.25, 0.3) is 0 Å². The van der Waals surface area contributed by atoms with E-state index in [4.69, 9.17) is 0 Å². The van der Waals surface area contributed by atoms with Gasteiger partial charge in [-0.1, -0.05) is 0 Å². The third-order valence-corrected chi connectivity index (χ3v) is 2.97. The van der Waals surface area contributed by atoms with Crippen LogP contribution in [0.1, 0.15) is 22.3 Å². The van der Waals surface area contributed by atoms with E-state index in [0.717, 1.165) is 0 Å². The molecule has 1 aliphatic heterocycles. The second kappa shape index (κ2) is 4.73. The Morgan fingerprint density at radius 1 is 1.50 bits per heavy atom. The summed E-state index contributed by atoms with van der Waals surface area (Å²) in [6.07, 6.45) is 0.0633. The number of β-amino-alcohol motifs (C(OH)–C–C–N with tert-alkyl or cyclic N) is 1. The number of carbonyl (C=O) groups is 1. The van der Waals surface area contributed by atoms with Gasteiger partial charge < -0.3 is 10.0 Å². The summed E-state index contributed by atoms with van der Waals surface area (Å²) in [5.41, 5.74) is 0.890. The second-order valence-electron chi connectivity index (χ2n) is 4.51. The minimum absolute atomic E-state index is 0.0851. The second-order valence-corrected chi connectivity index (χ2v) is 4.51. The van der Waals surface area contributed by atoms with E-state index in [1.54, 1.807) is 13.0 Å². The fourth-order valence-corrected chi connectivity index (χ4v) is 2.10. The maximum atomic E-state index is 12.1. The van der Waals surface area contributed by atoms with Crippen LogP contribution in [-0.2, 0) is 0 Å². The van der Waals surface area contributed by atoms with Crippen LogP contribution in [0.5, 0.6) is 0 Å². The number of aryl methyl sites for hydroxylation is 1. The number of amides is 1. The van der Waals surface area contributed by atoms with Gasteiger partial charge in [-0.15, -0.1) is 0 Å². The molecule has 6 heteroatoms. The van der Waals surface area contributed by atoms with Crippen LogP contribution in [0.15, 0.2) is 18.2 Å². The van der Waals surface area contributed by atoms with Crippen molar-refractivity contribution in [2.75, 3.05) is 13.1 Å². The Labute approximate surface area is 104 Å². The van der Waals surface area contributed by atoms with Crippen molar-refractivity contribution in [1.29, 1.82) is 0 Å². The molecule has 1 aromatic carbocycles. The zero-order chi connectivity index (χ0) is 13.3. The number of nitro groups is 1. The smallest absolute Gasteiger partial charge is 0.270 e. The Kier molecular flexibility index (Phi) is 3.29. The van der Waals surface area contributed by atoms with Crippen molar-refractivity contribution in [3.8, 4) is 0 Å². The lowest BCUT2D eigenvalue weighted by molar-refractivity contribution is -0.384. The largest absolute Gasteiger partial charge is 0.391 e. The highest BCUT2D eigenvalue weighted by Crippen LogP contribution is 2.20. The monoisotopic (exact) mass is 250 g/mol. The summed E-state index contributed by atoms with van der Waals surface area (Å²) in [5.74, 6) is -0.265. The number of hydrogen-bond acceptors (Lipinski definition) is 4. The molecule has 1 heterocycles. The Morgan fingerprint density at radius 2 is 2.22 bits per heavy atom. The van der Waals surface area contributed by atoms with Crippen molar-refractivity contribution >= 4 is 11.6 Å². The minimum atomic E-state index is -0.511. The average Bonchev–Trinajstić information content (AvgIpc) is 2.74. The lowest BCUT2D eigenvalue weighted by Crippen LogP contribution is -2.29. The molecule has 1 N–H and O–H groups in total. The van der Waals surface area contributed by atoms with Crippen LogP contribution >= 0.6 is 0 Å². The molecule has 0 bridgehead atoms. The minimum Gasteiger partial charge on any atom is -0.391 e. The maximum absolute atomic E-state index is 12.1. The van der Waals surface area contributed by atoms with E-state index in [2.05, 4.69) is 0 Å². The Balaban J connectivity index is 2.27. The fraction of sp³-hybridized carbons (Fsp3) is 0.417. The molecule has 1 amide bonds. The Morgan fingerprint density at radius 3 is 2.78 bits per heavy atom. The quantitative estimate of drug-likeness (QED) is 0.629. The van der Waals surface area contributed by atoms with Gasteiger partial charge in [-0.05, 0) is 25.0 Å². The number of aliphatic hydroxyl groups is 1. The molecule has 1 fully saturated rings. The summed E-state index contributed by atoms with van der Waals surface area (Å²) in [6.45, 7) is 2.49. The zero-order valence-corrected chi connectivity index (χ0v) is 10.00. The number of benzene rings is 1. The first-order chi connectivity index (χ1) is 8.47. The molecule has 0 spiro atoms.